The van der Waals surface area contributed by atoms with Gasteiger partial charge < -0.3 is 39.4 Å². The minimum Gasteiger partial charge on any atom is -0.459 e. The first-order chi connectivity index (χ1) is 36.2. The van der Waals surface area contributed by atoms with Crippen molar-refractivity contribution < 1.29 is 65.9 Å². The molecule has 15 atom stereocenters. The van der Waals surface area contributed by atoms with Crippen LogP contribution in [0.4, 0.5) is 13.2 Å². The molecule has 428 valence electrons. The number of thioether (sulfide) groups is 2. The van der Waals surface area contributed by atoms with Gasteiger partial charge in [0, 0.05) is 60.8 Å². The van der Waals surface area contributed by atoms with Crippen molar-refractivity contribution in [3.05, 3.63) is 63.7 Å². The number of aliphatic imine (C=N–C) groups is 2. The molecule has 3 aliphatic heterocycles. The van der Waals surface area contributed by atoms with E-state index in [0.29, 0.717) is 58.0 Å². The smallest absolute Gasteiger partial charge is 0.432 e. The number of nitrogens with one attached hydrogen (secondary N) is 2. The van der Waals surface area contributed by atoms with Crippen LogP contribution in [0, 0.1) is 35.5 Å². The van der Waals surface area contributed by atoms with E-state index in [4.69, 9.17) is 38.7 Å². The molecule has 1 aromatic carbocycles. The molecule has 0 aliphatic carbocycles. The van der Waals surface area contributed by atoms with Crippen LogP contribution in [0.1, 0.15) is 125 Å². The highest BCUT2D eigenvalue weighted by Gasteiger charge is 2.65. The van der Waals surface area contributed by atoms with Crippen molar-refractivity contribution in [3.8, 4) is 0 Å². The Morgan fingerprint density at radius 2 is 1.60 bits per heavy atom. The van der Waals surface area contributed by atoms with E-state index >= 15 is 13.2 Å². The molecule has 0 saturated carbocycles. The molecule has 1 aromatic heterocycles. The molecular formula is C55H78F3N5O11S3. The van der Waals surface area contributed by atoms with Gasteiger partial charge in [-0.05, 0) is 52.4 Å². The maximum absolute atomic E-state index is 15.3. The van der Waals surface area contributed by atoms with Gasteiger partial charge >= 0.3 is 24.1 Å². The predicted molar refractivity (Wildman–Crippen MR) is 293 cm³/mol. The molecule has 16 nitrogen and oxygen atoms in total. The van der Waals surface area contributed by atoms with Gasteiger partial charge in [0.05, 0.1) is 34.2 Å². The lowest BCUT2D eigenvalue weighted by Crippen LogP contribution is -2.56. The Morgan fingerprint density at radius 3 is 2.18 bits per heavy atom. The third-order valence-electron chi connectivity index (χ3n) is 15.4. The summed E-state index contributed by atoms with van der Waals surface area (Å²) in [5.41, 5.74) is -5.79. The van der Waals surface area contributed by atoms with Crippen LogP contribution < -0.4 is 10.6 Å². The van der Waals surface area contributed by atoms with Crippen LogP contribution in [0.15, 0.2) is 57.5 Å². The SMILES string of the molecule is C/C=C1\NC(=O)[C@H]([C@@H](C)CC)OC(=O)[C@H](C)[C@H](O)[C@H]([C@@H](C)CC)NC(=O)[C@@]2(C)CSC(=N2)[C@@]2(C)CSC(=N2)c2csc(n2)C[C@H](OC)[C@H](C)[C@@H]([C@@H](C)[C@@H](OC(=O)[C@](OC)(c2ccccc2)C(F)(F)F)[C@H](C)CCC)OC1=O. The van der Waals surface area contributed by atoms with Crippen LogP contribution in [0.2, 0.25) is 0 Å². The maximum Gasteiger partial charge on any atom is 0.432 e. The van der Waals surface area contributed by atoms with Crippen LogP contribution in [-0.2, 0) is 59.7 Å². The standard InChI is InChI=1S/C55H78F3N5O11S3/c1-15-22-31(7)42(74-51(69)54(71-14,55(56,57)58)35-23-20-19-21-24-35)34(10)44-32(8)38(70-13)25-39-59-37(26-75-39)46-62-53(12,28-76-46)50-63-52(11,27-77-50)49(68)61-40(29(5)16-2)41(64)33(9)47(66)72-43(30(6)17-3)45(65)60-36(18-4)48(67)73-44/h18-21,23-24,26,29-34,38,40-44,64H,15-17,22,25,27-28H2,1-14H3,(H,60,65)(H,61,68)/b36-18-/t29-,30-,31+,32-,33+,34-,38-,40-,41-,42-,43-,44-,52+,53+,54+/m0/s1. The molecule has 3 N–H and O–H groups in total. The summed E-state index contributed by atoms with van der Waals surface area (Å²) < 4.78 is 75.6. The first kappa shape index (κ1) is 63.5. The third kappa shape index (κ3) is 14.0. The number of aliphatic hydroxyl groups excluding tert-OH is 1. The number of methoxy groups -OCH3 is 2. The van der Waals surface area contributed by atoms with Crippen molar-refractivity contribution in [3.63, 3.8) is 0 Å². The normalized spacial score (nSPS) is 30.6. The van der Waals surface area contributed by atoms with E-state index in [1.165, 1.54) is 80.1 Å². The Balaban J connectivity index is 1.63. The van der Waals surface area contributed by atoms with Crippen LogP contribution in [0.5, 0.6) is 0 Å². The highest BCUT2D eigenvalue weighted by molar-refractivity contribution is 8.16. The molecule has 0 spiro atoms. The summed E-state index contributed by atoms with van der Waals surface area (Å²) in [5.74, 6) is -8.75. The Kier molecular flexibility index (Phi) is 22.0. The molecule has 0 fully saturated rings. The molecule has 0 radical (unpaired) electrons. The summed E-state index contributed by atoms with van der Waals surface area (Å²) in [6.07, 6.45) is -8.27. The van der Waals surface area contributed by atoms with Crippen molar-refractivity contribution >= 4 is 74.7 Å². The monoisotopic (exact) mass is 1140 g/mol. The van der Waals surface area contributed by atoms with Gasteiger partial charge in [-0.15, -0.1) is 34.9 Å². The zero-order valence-electron chi connectivity index (χ0n) is 46.6. The third-order valence-corrected chi connectivity index (χ3v) is 19.1. The van der Waals surface area contributed by atoms with E-state index < -0.39 is 124 Å². The average molecular weight is 1140 g/mol. The Labute approximate surface area is 463 Å². The summed E-state index contributed by atoms with van der Waals surface area (Å²) >= 11 is 4.28. The molecular weight excluding hydrogens is 1060 g/mol. The first-order valence-corrected chi connectivity index (χ1v) is 29.2. The lowest BCUT2D eigenvalue weighted by molar-refractivity contribution is -0.280. The van der Waals surface area contributed by atoms with E-state index in [-0.39, 0.29) is 18.0 Å². The van der Waals surface area contributed by atoms with Gasteiger partial charge in [-0.1, -0.05) is 105 Å². The molecule has 6 bridgehead atoms. The van der Waals surface area contributed by atoms with Crippen LogP contribution in [-0.4, -0.2) is 129 Å². The molecule has 77 heavy (non-hydrogen) atoms. The number of benzene rings is 1. The zero-order chi connectivity index (χ0) is 57.4. The number of carbonyl (C=O) groups excluding carboxylic acids is 5. The van der Waals surface area contributed by atoms with Crippen molar-refractivity contribution in [2.24, 2.45) is 45.5 Å². The summed E-state index contributed by atoms with van der Waals surface area (Å²) in [7, 11) is 2.26. The van der Waals surface area contributed by atoms with Gasteiger partial charge in [0.1, 0.15) is 39.7 Å². The Hall–Kier alpha value is -4.35. The van der Waals surface area contributed by atoms with E-state index in [0.717, 1.165) is 19.2 Å². The molecule has 2 amide bonds. The van der Waals surface area contributed by atoms with Crippen LogP contribution in [0.25, 0.3) is 0 Å². The van der Waals surface area contributed by atoms with E-state index in [1.807, 2.05) is 33.1 Å². The second kappa shape index (κ2) is 26.7. The van der Waals surface area contributed by atoms with Gasteiger partial charge in [-0.25, -0.2) is 14.6 Å². The van der Waals surface area contributed by atoms with E-state index in [2.05, 4.69) is 10.6 Å². The number of fused-ring (bicyclic) bond motifs is 6. The number of allylic oxidation sites excluding steroid dienone is 1. The van der Waals surface area contributed by atoms with Crippen molar-refractivity contribution in [1.29, 1.82) is 0 Å². The molecule has 2 aromatic rings. The number of rotatable bonds is 14. The van der Waals surface area contributed by atoms with Gasteiger partial charge in [-0.2, -0.15) is 13.2 Å². The summed E-state index contributed by atoms with van der Waals surface area (Å²) in [6.45, 7) is 20.8. The highest BCUT2D eigenvalue weighted by atomic mass is 32.2. The lowest BCUT2D eigenvalue weighted by atomic mass is 9.80. The number of carbonyl (C=O) groups is 5. The molecule has 0 saturated heterocycles. The largest absolute Gasteiger partial charge is 0.459 e. The minimum atomic E-state index is -5.28. The van der Waals surface area contributed by atoms with E-state index in [9.17, 15) is 29.1 Å². The molecule has 3 aliphatic rings. The zero-order valence-corrected chi connectivity index (χ0v) is 49.1. The number of hydrogen-bond acceptors (Lipinski definition) is 17. The summed E-state index contributed by atoms with van der Waals surface area (Å²) in [4.78, 5) is 86.8. The van der Waals surface area contributed by atoms with Gasteiger partial charge in [0.15, 0.2) is 6.10 Å². The molecule has 4 heterocycles. The Morgan fingerprint density at radius 1 is 0.948 bits per heavy atom. The Bertz CT molecular complexity index is 2500. The lowest BCUT2D eigenvalue weighted by Gasteiger charge is -2.40. The fourth-order valence-electron chi connectivity index (χ4n) is 9.92. The summed E-state index contributed by atoms with van der Waals surface area (Å²) in [6, 6.07) is 5.57. The van der Waals surface area contributed by atoms with E-state index in [1.54, 1.807) is 41.5 Å². The number of cyclic esters (lactones) is 2. The second-order valence-corrected chi connectivity index (χ2v) is 24.0. The number of esters is 3. The average Bonchev–Trinajstić information content (AvgIpc) is 4.18. The number of aliphatic hydroxyl groups is 1. The predicted octanol–water partition coefficient (Wildman–Crippen LogP) is 9.01. The topological polar surface area (TPSA) is 213 Å². The number of aromatic nitrogens is 1. The second-order valence-electron chi connectivity index (χ2n) is 21.1. The quantitative estimate of drug-likeness (QED) is 0.0915. The van der Waals surface area contributed by atoms with Gasteiger partial charge in [0.25, 0.3) is 11.5 Å². The number of thiazole rings is 1. The van der Waals surface area contributed by atoms with Crippen molar-refractivity contribution in [1.82, 2.24) is 15.6 Å². The number of alkyl halides is 3. The van der Waals surface area contributed by atoms with Gasteiger partial charge in [-0.3, -0.25) is 24.4 Å². The van der Waals surface area contributed by atoms with Crippen LogP contribution in [0.3, 0.4) is 0 Å². The molecule has 5 rings (SSSR count). The maximum atomic E-state index is 15.3. The number of halogens is 3. The number of ether oxygens (including phenoxy) is 5. The van der Waals surface area contributed by atoms with Crippen LogP contribution >= 0.6 is 34.9 Å². The minimum absolute atomic E-state index is 0.179. The first-order valence-electron chi connectivity index (χ1n) is 26.4. The number of nitrogens with zero attached hydrogens (tertiary/aromatic N) is 3. The summed E-state index contributed by atoms with van der Waals surface area (Å²) in [5, 5.41) is 21.3. The molecule has 0 unspecified atom stereocenters. The molecule has 22 heteroatoms. The van der Waals surface area contributed by atoms with Gasteiger partial charge in [0.2, 0.25) is 5.91 Å². The van der Waals surface area contributed by atoms with Crippen molar-refractivity contribution in [2.75, 3.05) is 25.7 Å². The van der Waals surface area contributed by atoms with Crippen molar-refractivity contribution in [2.45, 2.75) is 175 Å². The highest BCUT2D eigenvalue weighted by Crippen LogP contribution is 2.45. The number of amides is 2. The fourth-order valence-corrected chi connectivity index (χ4v) is 13.4. The fraction of sp³-hybridized carbons (Fsp3) is 0.673. The number of hydrogen-bond donors (Lipinski definition) is 3.